The first-order chi connectivity index (χ1) is 8.54. The van der Waals surface area contributed by atoms with Gasteiger partial charge in [-0.2, -0.15) is 5.10 Å². The van der Waals surface area contributed by atoms with Crippen molar-refractivity contribution < 1.29 is 4.39 Å². The van der Waals surface area contributed by atoms with Crippen LogP contribution in [0.5, 0.6) is 0 Å². The third-order valence-corrected chi connectivity index (χ3v) is 3.13. The summed E-state index contributed by atoms with van der Waals surface area (Å²) in [5.41, 5.74) is 7.50. The number of aromatic nitrogens is 2. The molecule has 0 amide bonds. The first-order valence-electron chi connectivity index (χ1n) is 6.12. The zero-order valence-electron chi connectivity index (χ0n) is 10.7. The van der Waals surface area contributed by atoms with Gasteiger partial charge in [-0.25, -0.2) is 4.39 Å². The van der Waals surface area contributed by atoms with Gasteiger partial charge in [0.1, 0.15) is 5.82 Å². The van der Waals surface area contributed by atoms with E-state index in [1.165, 1.54) is 12.1 Å². The Balaban J connectivity index is 2.31. The van der Waals surface area contributed by atoms with Gasteiger partial charge in [-0.1, -0.05) is 19.1 Å². The van der Waals surface area contributed by atoms with E-state index in [1.54, 1.807) is 18.3 Å². The lowest BCUT2D eigenvalue weighted by Gasteiger charge is -2.23. The van der Waals surface area contributed by atoms with Gasteiger partial charge >= 0.3 is 0 Å². The van der Waals surface area contributed by atoms with E-state index in [2.05, 4.69) is 12.0 Å². The summed E-state index contributed by atoms with van der Waals surface area (Å²) in [5.74, 6) is -0.253. The van der Waals surface area contributed by atoms with Crippen LogP contribution in [0.2, 0.25) is 0 Å². The van der Waals surface area contributed by atoms with Crippen molar-refractivity contribution in [2.75, 3.05) is 0 Å². The summed E-state index contributed by atoms with van der Waals surface area (Å²) in [6, 6.07) is 6.28. The molecule has 0 aliphatic heterocycles. The Bertz CT molecular complexity index is 514. The fraction of sp³-hybridized carbons (Fsp3) is 0.357. The largest absolute Gasteiger partial charge is 0.318 e. The molecule has 1 heterocycles. The molecule has 1 aromatic heterocycles. The molecule has 2 rings (SSSR count). The van der Waals surface area contributed by atoms with Crippen molar-refractivity contribution >= 4 is 0 Å². The molecule has 0 saturated carbocycles. The van der Waals surface area contributed by atoms with Crippen molar-refractivity contribution in [1.82, 2.24) is 9.78 Å². The van der Waals surface area contributed by atoms with Gasteiger partial charge in [0.15, 0.2) is 0 Å². The van der Waals surface area contributed by atoms with Crippen LogP contribution in [0.15, 0.2) is 36.7 Å². The number of hydrogen-bond donors (Lipinski definition) is 1. The van der Waals surface area contributed by atoms with E-state index in [4.69, 9.17) is 5.73 Å². The molecule has 96 valence electrons. The summed E-state index contributed by atoms with van der Waals surface area (Å²) in [4.78, 5) is 0. The zero-order valence-corrected chi connectivity index (χ0v) is 10.7. The maximum Gasteiger partial charge on any atom is 0.123 e. The first kappa shape index (κ1) is 12.8. The summed E-state index contributed by atoms with van der Waals surface area (Å²) in [7, 11) is 0. The molecule has 18 heavy (non-hydrogen) atoms. The highest BCUT2D eigenvalue weighted by atomic mass is 19.1. The Labute approximate surface area is 106 Å². The summed E-state index contributed by atoms with van der Waals surface area (Å²) >= 11 is 0. The second-order valence-corrected chi connectivity index (χ2v) is 4.70. The Kier molecular flexibility index (Phi) is 3.48. The van der Waals surface area contributed by atoms with Crippen LogP contribution in [0.25, 0.3) is 0 Å². The van der Waals surface area contributed by atoms with E-state index < -0.39 is 5.54 Å². The number of nitrogens with two attached hydrogens (primary N) is 1. The lowest BCUT2D eigenvalue weighted by Crippen LogP contribution is -2.33. The van der Waals surface area contributed by atoms with Crippen molar-refractivity contribution in [3.05, 3.63) is 53.6 Å². The number of hydrogen-bond acceptors (Lipinski definition) is 2. The minimum atomic E-state index is -0.653. The molecule has 2 aromatic rings. The van der Waals surface area contributed by atoms with Crippen LogP contribution in [0.1, 0.15) is 31.4 Å². The van der Waals surface area contributed by atoms with Crippen LogP contribution in [-0.4, -0.2) is 9.78 Å². The SMILES string of the molecule is CCCn1cc(C(C)(N)c2ccc(F)cc2)cn1. The molecule has 0 fully saturated rings. The Hall–Kier alpha value is -1.68. The average molecular weight is 247 g/mol. The molecule has 1 atom stereocenters. The summed E-state index contributed by atoms with van der Waals surface area (Å²) in [6.45, 7) is 4.88. The molecule has 4 heteroatoms. The quantitative estimate of drug-likeness (QED) is 0.902. The number of aryl methyl sites for hydroxylation is 1. The lowest BCUT2D eigenvalue weighted by molar-refractivity contribution is 0.582. The third kappa shape index (κ3) is 2.43. The highest BCUT2D eigenvalue weighted by Gasteiger charge is 2.25. The zero-order chi connectivity index (χ0) is 13.2. The van der Waals surface area contributed by atoms with Crippen LogP contribution in [0.3, 0.4) is 0 Å². The molecular weight excluding hydrogens is 229 g/mol. The lowest BCUT2D eigenvalue weighted by atomic mass is 9.88. The van der Waals surface area contributed by atoms with E-state index in [1.807, 2.05) is 17.8 Å². The van der Waals surface area contributed by atoms with Crippen molar-refractivity contribution in [3.8, 4) is 0 Å². The van der Waals surface area contributed by atoms with Crippen molar-refractivity contribution in [1.29, 1.82) is 0 Å². The van der Waals surface area contributed by atoms with Gasteiger partial charge in [0.05, 0.1) is 11.7 Å². The highest BCUT2D eigenvalue weighted by molar-refractivity contribution is 5.34. The van der Waals surface area contributed by atoms with Gasteiger partial charge in [-0.05, 0) is 31.0 Å². The standard InChI is InChI=1S/C14H18FN3/c1-3-8-18-10-12(9-17-18)14(2,16)11-4-6-13(15)7-5-11/h4-7,9-10H,3,8,16H2,1-2H3. The van der Waals surface area contributed by atoms with Crippen molar-refractivity contribution in [3.63, 3.8) is 0 Å². The topological polar surface area (TPSA) is 43.8 Å². The molecule has 1 aromatic carbocycles. The molecule has 0 bridgehead atoms. The van der Waals surface area contributed by atoms with Crippen LogP contribution in [-0.2, 0) is 12.1 Å². The van der Waals surface area contributed by atoms with Gasteiger partial charge in [0.2, 0.25) is 0 Å². The third-order valence-electron chi connectivity index (χ3n) is 3.13. The van der Waals surface area contributed by atoms with Gasteiger partial charge in [-0.15, -0.1) is 0 Å². The predicted molar refractivity (Wildman–Crippen MR) is 69.6 cm³/mol. The molecule has 3 nitrogen and oxygen atoms in total. The first-order valence-corrected chi connectivity index (χ1v) is 6.12. The average Bonchev–Trinajstić information content (AvgIpc) is 2.79. The molecule has 2 N–H and O–H groups in total. The molecule has 0 radical (unpaired) electrons. The minimum Gasteiger partial charge on any atom is -0.318 e. The van der Waals surface area contributed by atoms with E-state index in [0.717, 1.165) is 24.1 Å². The molecular formula is C14H18FN3. The fourth-order valence-corrected chi connectivity index (χ4v) is 1.95. The van der Waals surface area contributed by atoms with Crippen LogP contribution in [0.4, 0.5) is 4.39 Å². The van der Waals surface area contributed by atoms with Gasteiger partial charge in [0, 0.05) is 18.3 Å². The molecule has 1 unspecified atom stereocenters. The predicted octanol–water partition coefficient (Wildman–Crippen LogP) is 2.65. The van der Waals surface area contributed by atoms with Gasteiger partial charge in [0.25, 0.3) is 0 Å². The Morgan fingerprint density at radius 2 is 1.94 bits per heavy atom. The molecule has 0 aliphatic rings. The van der Waals surface area contributed by atoms with Gasteiger partial charge < -0.3 is 5.73 Å². The van der Waals surface area contributed by atoms with E-state index >= 15 is 0 Å². The summed E-state index contributed by atoms with van der Waals surface area (Å²) in [6.07, 6.45) is 4.75. The normalized spacial score (nSPS) is 14.4. The second kappa shape index (κ2) is 4.90. The van der Waals surface area contributed by atoms with E-state index in [0.29, 0.717) is 0 Å². The van der Waals surface area contributed by atoms with E-state index in [-0.39, 0.29) is 5.82 Å². The van der Waals surface area contributed by atoms with Gasteiger partial charge in [-0.3, -0.25) is 4.68 Å². The van der Waals surface area contributed by atoms with E-state index in [9.17, 15) is 4.39 Å². The number of rotatable bonds is 4. The van der Waals surface area contributed by atoms with Crippen molar-refractivity contribution in [2.45, 2.75) is 32.4 Å². The smallest absolute Gasteiger partial charge is 0.123 e. The number of halogens is 1. The Morgan fingerprint density at radius 3 is 2.56 bits per heavy atom. The minimum absolute atomic E-state index is 0.253. The number of benzene rings is 1. The van der Waals surface area contributed by atoms with Crippen LogP contribution in [0, 0.1) is 5.82 Å². The van der Waals surface area contributed by atoms with Crippen LogP contribution >= 0.6 is 0 Å². The Morgan fingerprint density at radius 1 is 1.28 bits per heavy atom. The number of nitrogens with zero attached hydrogens (tertiary/aromatic N) is 2. The summed E-state index contributed by atoms with van der Waals surface area (Å²) < 4.78 is 14.8. The maximum absolute atomic E-state index is 12.9. The monoisotopic (exact) mass is 247 g/mol. The fourth-order valence-electron chi connectivity index (χ4n) is 1.95. The second-order valence-electron chi connectivity index (χ2n) is 4.70. The molecule has 0 aliphatic carbocycles. The van der Waals surface area contributed by atoms with Crippen LogP contribution < -0.4 is 5.73 Å². The summed E-state index contributed by atoms with van der Waals surface area (Å²) in [5, 5.41) is 4.28. The van der Waals surface area contributed by atoms with Crippen molar-refractivity contribution in [2.24, 2.45) is 5.73 Å². The maximum atomic E-state index is 12.9. The molecule has 0 spiro atoms. The molecule has 0 saturated heterocycles. The highest BCUT2D eigenvalue weighted by Crippen LogP contribution is 2.26.